The predicted molar refractivity (Wildman–Crippen MR) is 84.1 cm³/mol. The van der Waals surface area contributed by atoms with Gasteiger partial charge in [0.15, 0.2) is 0 Å². The highest BCUT2D eigenvalue weighted by Gasteiger charge is 2.40. The second-order valence-corrected chi connectivity index (χ2v) is 8.23. The third-order valence-corrected chi connectivity index (χ3v) is 5.87. The molecule has 0 saturated carbocycles. The first-order valence-corrected chi connectivity index (χ1v) is 8.73. The Morgan fingerprint density at radius 2 is 2.30 bits per heavy atom. The number of carboxylic acid groups (broad SMARTS) is 1. The maximum Gasteiger partial charge on any atom is 0.327 e. The van der Waals surface area contributed by atoms with E-state index in [4.69, 9.17) is 0 Å². The molecule has 0 aromatic carbocycles. The molecule has 0 spiro atoms. The molecule has 2 heterocycles. The van der Waals surface area contributed by atoms with Gasteiger partial charge < -0.3 is 10.0 Å². The number of rotatable bonds is 3. The Bertz CT molecular complexity index is 523. The SMILES string of the molecule is CC1SCC(C(=O)O)N1C(=O)N(C)Cc1csc(Br)c1. The zero-order valence-electron chi connectivity index (χ0n) is 11.1. The van der Waals surface area contributed by atoms with Crippen molar-refractivity contribution in [1.82, 2.24) is 9.80 Å². The number of urea groups is 1. The summed E-state index contributed by atoms with van der Waals surface area (Å²) in [7, 11) is 1.70. The van der Waals surface area contributed by atoms with E-state index in [-0.39, 0.29) is 11.4 Å². The van der Waals surface area contributed by atoms with Crippen molar-refractivity contribution in [2.24, 2.45) is 0 Å². The third kappa shape index (κ3) is 3.29. The Hall–Kier alpha value is -0.730. The molecule has 5 nitrogen and oxygen atoms in total. The van der Waals surface area contributed by atoms with Crippen molar-refractivity contribution >= 4 is 51.0 Å². The van der Waals surface area contributed by atoms with Crippen LogP contribution in [0.4, 0.5) is 4.79 Å². The first-order chi connectivity index (χ1) is 9.40. The standard InChI is InChI=1S/C12H15BrN2O3S2/c1-7-15(9(6-19-7)11(16)17)12(18)14(2)4-8-3-10(13)20-5-8/h3,5,7,9H,4,6H2,1-2H3,(H,16,17). The molecule has 1 fully saturated rings. The number of carboxylic acids is 1. The summed E-state index contributed by atoms with van der Waals surface area (Å²) in [5.74, 6) is -0.498. The summed E-state index contributed by atoms with van der Waals surface area (Å²) in [4.78, 5) is 26.7. The molecule has 20 heavy (non-hydrogen) atoms. The average molecular weight is 379 g/mol. The van der Waals surface area contributed by atoms with Crippen LogP contribution in [0.1, 0.15) is 12.5 Å². The van der Waals surface area contributed by atoms with E-state index in [9.17, 15) is 14.7 Å². The topological polar surface area (TPSA) is 60.9 Å². The van der Waals surface area contributed by atoms with Crippen LogP contribution in [0.25, 0.3) is 0 Å². The molecule has 1 aliphatic rings. The van der Waals surface area contributed by atoms with E-state index in [1.807, 2.05) is 18.4 Å². The average Bonchev–Trinajstić information content (AvgIpc) is 2.94. The second-order valence-electron chi connectivity index (χ2n) is 4.59. The normalized spacial score (nSPS) is 22.1. The molecule has 1 saturated heterocycles. The Kier molecular flexibility index (Phi) is 4.98. The van der Waals surface area contributed by atoms with E-state index < -0.39 is 12.0 Å². The summed E-state index contributed by atoms with van der Waals surface area (Å²) in [6.45, 7) is 2.34. The van der Waals surface area contributed by atoms with Crippen molar-refractivity contribution in [3.8, 4) is 0 Å². The van der Waals surface area contributed by atoms with Crippen LogP contribution in [0.5, 0.6) is 0 Å². The number of aliphatic carboxylic acids is 1. The highest BCUT2D eigenvalue weighted by Crippen LogP contribution is 2.30. The van der Waals surface area contributed by atoms with Crippen LogP contribution in [0, 0.1) is 0 Å². The maximum atomic E-state index is 12.4. The summed E-state index contributed by atoms with van der Waals surface area (Å²) in [5.41, 5.74) is 1.03. The molecule has 0 radical (unpaired) electrons. The van der Waals surface area contributed by atoms with Crippen LogP contribution in [-0.4, -0.2) is 51.1 Å². The Morgan fingerprint density at radius 3 is 2.85 bits per heavy atom. The van der Waals surface area contributed by atoms with Crippen LogP contribution >= 0.6 is 39.0 Å². The molecule has 8 heteroatoms. The van der Waals surface area contributed by atoms with Crippen molar-refractivity contribution in [3.63, 3.8) is 0 Å². The minimum Gasteiger partial charge on any atom is -0.480 e. The third-order valence-electron chi connectivity index (χ3n) is 3.10. The first kappa shape index (κ1) is 15.7. The molecule has 2 amide bonds. The number of carbonyl (C=O) groups is 2. The molecule has 1 N–H and O–H groups in total. The summed E-state index contributed by atoms with van der Waals surface area (Å²) in [6, 6.07) is 0.988. The van der Waals surface area contributed by atoms with Gasteiger partial charge in [0.2, 0.25) is 0 Å². The Labute approximate surface area is 134 Å². The van der Waals surface area contributed by atoms with E-state index in [2.05, 4.69) is 15.9 Å². The van der Waals surface area contributed by atoms with Crippen molar-refractivity contribution in [2.75, 3.05) is 12.8 Å². The molecule has 0 aliphatic carbocycles. The van der Waals surface area contributed by atoms with Gasteiger partial charge in [0.05, 0.1) is 9.16 Å². The number of thioether (sulfide) groups is 1. The van der Waals surface area contributed by atoms with Crippen molar-refractivity contribution in [3.05, 3.63) is 20.8 Å². The van der Waals surface area contributed by atoms with Crippen LogP contribution < -0.4 is 0 Å². The van der Waals surface area contributed by atoms with Gasteiger partial charge >= 0.3 is 12.0 Å². The van der Waals surface area contributed by atoms with Crippen molar-refractivity contribution in [1.29, 1.82) is 0 Å². The quantitative estimate of drug-likeness (QED) is 0.878. The summed E-state index contributed by atoms with van der Waals surface area (Å²) < 4.78 is 1.02. The minimum absolute atomic E-state index is 0.111. The van der Waals surface area contributed by atoms with Gasteiger partial charge in [-0.15, -0.1) is 23.1 Å². The van der Waals surface area contributed by atoms with Gasteiger partial charge in [-0.2, -0.15) is 0 Å². The van der Waals surface area contributed by atoms with E-state index >= 15 is 0 Å². The van der Waals surface area contributed by atoms with Crippen LogP contribution in [-0.2, 0) is 11.3 Å². The number of hydrogen-bond donors (Lipinski definition) is 1. The fourth-order valence-corrected chi connectivity index (χ4v) is 4.45. The predicted octanol–water partition coefficient (Wildman–Crippen LogP) is 2.91. The molecule has 110 valence electrons. The fraction of sp³-hybridized carbons (Fsp3) is 0.500. The summed E-state index contributed by atoms with van der Waals surface area (Å²) in [6.07, 6.45) is 0. The Balaban J connectivity index is 2.07. The van der Waals surface area contributed by atoms with Gasteiger partial charge in [-0.25, -0.2) is 9.59 Å². The van der Waals surface area contributed by atoms with Crippen LogP contribution in [0.15, 0.2) is 15.2 Å². The van der Waals surface area contributed by atoms with E-state index in [0.29, 0.717) is 12.3 Å². The lowest BCUT2D eigenvalue weighted by molar-refractivity contribution is -0.141. The van der Waals surface area contributed by atoms with Crippen molar-refractivity contribution < 1.29 is 14.7 Å². The smallest absolute Gasteiger partial charge is 0.327 e. The van der Waals surface area contributed by atoms with E-state index in [1.165, 1.54) is 16.7 Å². The van der Waals surface area contributed by atoms with Gasteiger partial charge in [-0.1, -0.05) is 0 Å². The number of carbonyl (C=O) groups excluding carboxylic acids is 1. The monoisotopic (exact) mass is 378 g/mol. The zero-order chi connectivity index (χ0) is 14.9. The second kappa shape index (κ2) is 6.36. The molecule has 2 atom stereocenters. The molecular weight excluding hydrogens is 364 g/mol. The molecule has 1 aromatic rings. The zero-order valence-corrected chi connectivity index (χ0v) is 14.3. The number of hydrogen-bond acceptors (Lipinski definition) is 4. The largest absolute Gasteiger partial charge is 0.480 e. The first-order valence-electron chi connectivity index (χ1n) is 6.01. The van der Waals surface area contributed by atoms with Crippen molar-refractivity contribution in [2.45, 2.75) is 24.9 Å². The molecule has 1 aromatic heterocycles. The lowest BCUT2D eigenvalue weighted by Gasteiger charge is -2.30. The Morgan fingerprint density at radius 1 is 1.60 bits per heavy atom. The molecule has 1 aliphatic heterocycles. The van der Waals surface area contributed by atoms with Crippen LogP contribution in [0.3, 0.4) is 0 Å². The van der Waals surface area contributed by atoms with Gasteiger partial charge in [0, 0.05) is 19.3 Å². The van der Waals surface area contributed by atoms with E-state index in [0.717, 1.165) is 9.35 Å². The van der Waals surface area contributed by atoms with E-state index in [1.54, 1.807) is 23.3 Å². The number of thiophene rings is 1. The maximum absolute atomic E-state index is 12.4. The highest BCUT2D eigenvalue weighted by molar-refractivity contribution is 9.11. The molecule has 2 unspecified atom stereocenters. The molecule has 0 bridgehead atoms. The number of amides is 2. The number of halogens is 1. The molecular formula is C12H15BrN2O3S2. The van der Waals surface area contributed by atoms with Crippen LogP contribution in [0.2, 0.25) is 0 Å². The minimum atomic E-state index is -0.943. The summed E-state index contributed by atoms with van der Waals surface area (Å²) >= 11 is 6.44. The summed E-state index contributed by atoms with van der Waals surface area (Å²) in [5, 5.41) is 11.1. The van der Waals surface area contributed by atoms with Gasteiger partial charge in [-0.05, 0) is 39.9 Å². The number of nitrogens with zero attached hydrogens (tertiary/aromatic N) is 2. The van der Waals surface area contributed by atoms with Gasteiger partial charge in [0.1, 0.15) is 6.04 Å². The highest BCUT2D eigenvalue weighted by atomic mass is 79.9. The van der Waals surface area contributed by atoms with Gasteiger partial charge in [0.25, 0.3) is 0 Å². The molecule has 2 rings (SSSR count). The lowest BCUT2D eigenvalue weighted by Crippen LogP contribution is -2.49. The lowest BCUT2D eigenvalue weighted by atomic mass is 10.3. The van der Waals surface area contributed by atoms with Gasteiger partial charge in [-0.3, -0.25) is 4.90 Å². The fourth-order valence-electron chi connectivity index (χ4n) is 2.09.